The highest BCUT2D eigenvalue weighted by Crippen LogP contribution is 2.38. The summed E-state index contributed by atoms with van der Waals surface area (Å²) in [6.45, 7) is 8.68. The van der Waals surface area contributed by atoms with Gasteiger partial charge in [0.15, 0.2) is 0 Å². The molecule has 0 aliphatic rings. The number of halogens is 1. The lowest BCUT2D eigenvalue weighted by atomic mass is 9.49. The Balaban J connectivity index is 2.79. The van der Waals surface area contributed by atoms with Gasteiger partial charge in [0, 0.05) is 5.56 Å². The lowest BCUT2D eigenvalue weighted by Gasteiger charge is -2.28. The molecule has 0 aliphatic heterocycles. The monoisotopic (exact) mass is 232 g/mol. The Morgan fingerprint density at radius 1 is 1.19 bits per heavy atom. The van der Waals surface area contributed by atoms with E-state index >= 15 is 0 Å². The van der Waals surface area contributed by atoms with E-state index in [0.717, 1.165) is 5.56 Å². The lowest BCUT2D eigenvalue weighted by molar-refractivity contribution is 0.474. The molecule has 0 aliphatic carbocycles. The van der Waals surface area contributed by atoms with Crippen LogP contribution in [0.3, 0.4) is 0 Å². The lowest BCUT2D eigenvalue weighted by Crippen LogP contribution is -2.26. The van der Waals surface area contributed by atoms with E-state index in [4.69, 9.17) is 11.5 Å². The standard InChI is InChI=1S/C14H18BCl/c1-12(2)14(3,4)15(16)11-10-13-8-6-5-7-9-13/h5-9,12H,1-4H3. The maximum Gasteiger partial charge on any atom is 0.339 e. The third kappa shape index (κ3) is 3.32. The first-order chi connectivity index (χ1) is 7.44. The van der Waals surface area contributed by atoms with E-state index in [-0.39, 0.29) is 11.4 Å². The van der Waals surface area contributed by atoms with Crippen molar-refractivity contribution in [3.05, 3.63) is 35.9 Å². The highest BCUT2D eigenvalue weighted by atomic mass is 35.5. The summed E-state index contributed by atoms with van der Waals surface area (Å²) in [5.74, 6) is 6.77. The first kappa shape index (κ1) is 13.2. The second kappa shape index (κ2) is 5.46. The van der Waals surface area contributed by atoms with Crippen LogP contribution in [0.25, 0.3) is 0 Å². The molecule has 0 atom stereocenters. The molecule has 0 radical (unpaired) electrons. The van der Waals surface area contributed by atoms with Crippen LogP contribution in [0.4, 0.5) is 0 Å². The normalized spacial score (nSPS) is 10.9. The number of benzene rings is 1. The van der Waals surface area contributed by atoms with Crippen LogP contribution in [0.2, 0.25) is 5.31 Å². The van der Waals surface area contributed by atoms with Gasteiger partial charge < -0.3 is 0 Å². The maximum absolute atomic E-state index is 6.34. The summed E-state index contributed by atoms with van der Waals surface area (Å²) >= 11 is 6.34. The van der Waals surface area contributed by atoms with E-state index in [0.29, 0.717) is 5.92 Å². The minimum absolute atomic E-state index is 0.0311. The first-order valence-corrected chi connectivity index (χ1v) is 6.09. The van der Waals surface area contributed by atoms with Crippen molar-refractivity contribution in [2.24, 2.45) is 5.92 Å². The van der Waals surface area contributed by atoms with Crippen LogP contribution in [0, 0.1) is 17.7 Å². The molecule has 84 valence electrons. The van der Waals surface area contributed by atoms with E-state index in [1.807, 2.05) is 30.3 Å². The van der Waals surface area contributed by atoms with Gasteiger partial charge in [-0.05, 0) is 23.4 Å². The minimum Gasteiger partial charge on any atom is -0.176 e. The van der Waals surface area contributed by atoms with Gasteiger partial charge in [-0.1, -0.05) is 51.8 Å². The topological polar surface area (TPSA) is 0 Å². The third-order valence-corrected chi connectivity index (χ3v) is 3.93. The molecular weight excluding hydrogens is 214 g/mol. The van der Waals surface area contributed by atoms with Crippen LogP contribution >= 0.6 is 11.5 Å². The fraction of sp³-hybridized carbons (Fsp3) is 0.429. The van der Waals surface area contributed by atoms with Crippen molar-refractivity contribution in [2.75, 3.05) is 0 Å². The summed E-state index contributed by atoms with van der Waals surface area (Å²) in [4.78, 5) is 0. The van der Waals surface area contributed by atoms with Crippen molar-refractivity contribution < 1.29 is 0 Å². The molecule has 0 amide bonds. The maximum atomic E-state index is 6.34. The molecule has 0 unspecified atom stereocenters. The molecule has 0 heterocycles. The molecule has 0 bridgehead atoms. The van der Waals surface area contributed by atoms with E-state index in [2.05, 4.69) is 39.4 Å². The van der Waals surface area contributed by atoms with Gasteiger partial charge in [0.25, 0.3) is 0 Å². The summed E-state index contributed by atoms with van der Waals surface area (Å²) in [6, 6.07) is 9.96. The molecule has 0 N–H and O–H groups in total. The van der Waals surface area contributed by atoms with Crippen LogP contribution in [0.5, 0.6) is 0 Å². The van der Waals surface area contributed by atoms with Crippen molar-refractivity contribution in [3.8, 4) is 11.7 Å². The summed E-state index contributed by atoms with van der Waals surface area (Å²) in [6.07, 6.45) is -0.118. The molecule has 1 aromatic carbocycles. The van der Waals surface area contributed by atoms with Crippen molar-refractivity contribution in [1.82, 2.24) is 0 Å². The molecule has 0 fully saturated rings. The molecule has 1 rings (SSSR count). The van der Waals surface area contributed by atoms with Crippen LogP contribution in [0.1, 0.15) is 33.3 Å². The predicted molar refractivity (Wildman–Crippen MR) is 73.8 cm³/mol. The molecule has 0 saturated heterocycles. The van der Waals surface area contributed by atoms with Gasteiger partial charge in [0.1, 0.15) is 0 Å². The fourth-order valence-electron chi connectivity index (χ4n) is 1.15. The van der Waals surface area contributed by atoms with Crippen molar-refractivity contribution in [3.63, 3.8) is 0 Å². The SMILES string of the molecule is CC(C)C(C)(C)B(Cl)C#Cc1ccccc1. The molecular formula is C14H18BCl. The molecule has 2 heteroatoms. The molecule has 0 nitrogen and oxygen atoms in total. The largest absolute Gasteiger partial charge is 0.339 e. The zero-order chi connectivity index (χ0) is 12.2. The van der Waals surface area contributed by atoms with Crippen molar-refractivity contribution in [1.29, 1.82) is 0 Å². The van der Waals surface area contributed by atoms with Crippen molar-refractivity contribution >= 4 is 17.6 Å². The summed E-state index contributed by atoms with van der Waals surface area (Å²) in [5.41, 5.74) is 1.02. The Kier molecular flexibility index (Phi) is 4.50. The van der Waals surface area contributed by atoms with Crippen molar-refractivity contribution in [2.45, 2.75) is 33.0 Å². The molecule has 16 heavy (non-hydrogen) atoms. The molecule has 0 spiro atoms. The second-order valence-electron chi connectivity index (χ2n) is 4.97. The molecule has 1 aromatic rings. The summed E-state index contributed by atoms with van der Waals surface area (Å²) in [5, 5.41) is 0.0311. The van der Waals surface area contributed by atoms with Crippen LogP contribution in [-0.4, -0.2) is 6.13 Å². The Morgan fingerprint density at radius 3 is 2.25 bits per heavy atom. The van der Waals surface area contributed by atoms with Gasteiger partial charge in [0.2, 0.25) is 0 Å². The van der Waals surface area contributed by atoms with Gasteiger partial charge in [-0.15, -0.1) is 5.82 Å². The minimum atomic E-state index is -0.118. The Bertz CT molecular complexity index is 384. The Labute approximate surface area is 104 Å². The number of rotatable bonds is 2. The quantitative estimate of drug-likeness (QED) is 0.528. The summed E-state index contributed by atoms with van der Waals surface area (Å²) in [7, 11) is 0. The van der Waals surface area contributed by atoms with E-state index < -0.39 is 0 Å². The van der Waals surface area contributed by atoms with Gasteiger partial charge in [-0.2, -0.15) is 11.5 Å². The summed E-state index contributed by atoms with van der Waals surface area (Å²) < 4.78 is 0. The van der Waals surface area contributed by atoms with Crippen LogP contribution in [-0.2, 0) is 0 Å². The average molecular weight is 233 g/mol. The molecule has 0 aromatic heterocycles. The van der Waals surface area contributed by atoms with Gasteiger partial charge in [-0.25, -0.2) is 0 Å². The molecule has 0 saturated carbocycles. The van der Waals surface area contributed by atoms with Gasteiger partial charge in [0.05, 0.1) is 0 Å². The number of hydrogen-bond acceptors (Lipinski definition) is 0. The Hall–Kier alpha value is -0.865. The van der Waals surface area contributed by atoms with Crippen LogP contribution in [0.15, 0.2) is 30.3 Å². The zero-order valence-corrected chi connectivity index (χ0v) is 11.2. The second-order valence-corrected chi connectivity index (χ2v) is 5.41. The first-order valence-electron chi connectivity index (χ1n) is 5.65. The fourth-order valence-corrected chi connectivity index (χ4v) is 1.45. The smallest absolute Gasteiger partial charge is 0.176 e. The third-order valence-electron chi connectivity index (χ3n) is 3.26. The van der Waals surface area contributed by atoms with E-state index in [1.54, 1.807) is 0 Å². The van der Waals surface area contributed by atoms with E-state index in [9.17, 15) is 0 Å². The van der Waals surface area contributed by atoms with E-state index in [1.165, 1.54) is 0 Å². The van der Waals surface area contributed by atoms with Gasteiger partial charge in [-0.3, -0.25) is 0 Å². The predicted octanol–water partition coefficient (Wildman–Crippen LogP) is 4.24. The van der Waals surface area contributed by atoms with Gasteiger partial charge >= 0.3 is 6.13 Å². The number of hydrogen-bond donors (Lipinski definition) is 0. The average Bonchev–Trinajstić information content (AvgIpc) is 2.27. The highest BCUT2D eigenvalue weighted by molar-refractivity contribution is 7.13. The highest BCUT2D eigenvalue weighted by Gasteiger charge is 2.33. The Morgan fingerprint density at radius 2 is 1.75 bits per heavy atom. The zero-order valence-electron chi connectivity index (χ0n) is 10.4. The van der Waals surface area contributed by atoms with Crippen LogP contribution < -0.4 is 0 Å².